The van der Waals surface area contributed by atoms with Crippen molar-refractivity contribution in [1.82, 2.24) is 4.90 Å². The molecule has 2 aromatic rings. The molecule has 0 aromatic heterocycles. The number of carboxylic acids is 1. The van der Waals surface area contributed by atoms with Gasteiger partial charge in [-0.25, -0.2) is 9.59 Å². The predicted molar refractivity (Wildman–Crippen MR) is 126 cm³/mol. The molecule has 0 bridgehead atoms. The van der Waals surface area contributed by atoms with Crippen LogP contribution in [0.1, 0.15) is 44.2 Å². The summed E-state index contributed by atoms with van der Waals surface area (Å²) in [5.41, 5.74) is 9.86. The van der Waals surface area contributed by atoms with Gasteiger partial charge in [-0.1, -0.05) is 48.5 Å². The Bertz CT molecular complexity index is 1180. The van der Waals surface area contributed by atoms with E-state index in [0.717, 1.165) is 27.2 Å². The van der Waals surface area contributed by atoms with Gasteiger partial charge in [0.25, 0.3) is 5.78 Å². The lowest BCUT2D eigenvalue weighted by molar-refractivity contribution is -0.168. The number of hydrogen-bond donors (Lipinski definition) is 1. The van der Waals surface area contributed by atoms with Crippen molar-refractivity contribution in [2.24, 2.45) is 0 Å². The van der Waals surface area contributed by atoms with Gasteiger partial charge in [-0.2, -0.15) is 4.79 Å². The summed E-state index contributed by atoms with van der Waals surface area (Å²) in [7, 11) is 0. The number of nitrogens with zero attached hydrogens (tertiary/aromatic N) is 3. The summed E-state index contributed by atoms with van der Waals surface area (Å²) in [5.74, 6) is -2.89. The molecule has 0 saturated carbocycles. The van der Waals surface area contributed by atoms with Crippen LogP contribution in [0.2, 0.25) is 0 Å². The third kappa shape index (κ3) is 4.13. The van der Waals surface area contributed by atoms with Crippen LogP contribution in [-0.2, 0) is 19.1 Å². The highest BCUT2D eigenvalue weighted by Gasteiger charge is 2.65. The smallest absolute Gasteiger partial charge is 0.411 e. The van der Waals surface area contributed by atoms with Crippen LogP contribution < -0.4 is 0 Å². The summed E-state index contributed by atoms with van der Waals surface area (Å²) in [5, 5.41) is 10.2. The van der Waals surface area contributed by atoms with E-state index in [1.54, 1.807) is 20.8 Å². The van der Waals surface area contributed by atoms with Gasteiger partial charge in [0.2, 0.25) is 5.54 Å². The Balaban J connectivity index is 1.64. The van der Waals surface area contributed by atoms with E-state index in [4.69, 9.17) is 15.0 Å². The Hall–Kier alpha value is -3.81. The van der Waals surface area contributed by atoms with E-state index in [1.165, 1.54) is 0 Å². The third-order valence-electron chi connectivity index (χ3n) is 6.44. The Kier molecular flexibility index (Phi) is 6.32. The number of carbonyl (C=O) groups is 3. The molecule has 1 N–H and O–H groups in total. The van der Waals surface area contributed by atoms with E-state index in [0.29, 0.717) is 6.21 Å². The molecular formula is C26H27N3O6. The monoisotopic (exact) mass is 477 g/mol. The highest BCUT2D eigenvalue weighted by molar-refractivity contribution is 6.36. The minimum Gasteiger partial charge on any atom is -0.479 e. The number of Topliss-reactive ketones (excluding diaryl/α,β-unsaturated/α-hetero) is 1. The van der Waals surface area contributed by atoms with Crippen molar-refractivity contribution < 1.29 is 33.8 Å². The van der Waals surface area contributed by atoms with Crippen molar-refractivity contribution in [3.8, 4) is 11.1 Å². The van der Waals surface area contributed by atoms with Gasteiger partial charge in [-0.05, 0) is 49.4 Å². The second-order valence-corrected chi connectivity index (χ2v) is 9.64. The quantitative estimate of drug-likeness (QED) is 0.293. The van der Waals surface area contributed by atoms with Crippen molar-refractivity contribution in [3.05, 3.63) is 65.2 Å². The van der Waals surface area contributed by atoms with Crippen LogP contribution in [0.3, 0.4) is 0 Å². The number of hydrogen-bond acceptors (Lipinski definition) is 5. The number of carbonyl (C=O) groups excluding carboxylic acids is 2. The molecular weight excluding hydrogens is 450 g/mol. The van der Waals surface area contributed by atoms with E-state index in [-0.39, 0.29) is 25.5 Å². The minimum absolute atomic E-state index is 0.0356. The molecule has 1 amide bonds. The molecule has 182 valence electrons. The number of ether oxygens (including phenoxy) is 2. The Morgan fingerprint density at radius 1 is 1.11 bits per heavy atom. The molecule has 9 heteroatoms. The summed E-state index contributed by atoms with van der Waals surface area (Å²) < 4.78 is 11.5. The van der Waals surface area contributed by atoms with Crippen LogP contribution in [-0.4, -0.2) is 69.3 Å². The molecule has 1 aliphatic heterocycles. The molecule has 4 rings (SSSR count). The van der Waals surface area contributed by atoms with Crippen LogP contribution in [0.5, 0.6) is 0 Å². The fraction of sp³-hybridized carbons (Fsp3) is 0.385. The first-order chi connectivity index (χ1) is 16.6. The van der Waals surface area contributed by atoms with Crippen LogP contribution in [0, 0.1) is 0 Å². The van der Waals surface area contributed by atoms with Crippen molar-refractivity contribution in [2.75, 3.05) is 13.2 Å². The fourth-order valence-electron chi connectivity index (χ4n) is 5.08. The lowest BCUT2D eigenvalue weighted by atomic mass is 9.88. The number of benzene rings is 2. The average Bonchev–Trinajstić information content (AvgIpc) is 3.33. The summed E-state index contributed by atoms with van der Waals surface area (Å²) in [6.07, 6.45) is -1.53. The van der Waals surface area contributed by atoms with Crippen molar-refractivity contribution in [1.29, 1.82) is 0 Å². The van der Waals surface area contributed by atoms with E-state index in [9.17, 15) is 19.5 Å². The normalized spacial score (nSPS) is 21.1. The zero-order valence-corrected chi connectivity index (χ0v) is 19.8. The molecule has 1 saturated heterocycles. The second kappa shape index (κ2) is 9.09. The van der Waals surface area contributed by atoms with Gasteiger partial charge in [-0.15, -0.1) is 0 Å². The van der Waals surface area contributed by atoms with Crippen LogP contribution >= 0.6 is 0 Å². The highest BCUT2D eigenvalue weighted by atomic mass is 16.6. The van der Waals surface area contributed by atoms with Gasteiger partial charge in [0.1, 0.15) is 12.7 Å². The van der Waals surface area contributed by atoms with Crippen LogP contribution in [0.15, 0.2) is 48.5 Å². The van der Waals surface area contributed by atoms with Gasteiger partial charge in [0.15, 0.2) is 0 Å². The van der Waals surface area contributed by atoms with Crippen LogP contribution in [0.4, 0.5) is 4.79 Å². The molecule has 9 nitrogen and oxygen atoms in total. The molecule has 1 aliphatic carbocycles. The second-order valence-electron chi connectivity index (χ2n) is 9.64. The number of rotatable bonds is 6. The molecule has 0 spiro atoms. The number of carboxylic acid groups (broad SMARTS) is 1. The van der Waals surface area contributed by atoms with Crippen molar-refractivity contribution in [2.45, 2.75) is 50.4 Å². The topological polar surface area (TPSA) is 130 Å². The van der Waals surface area contributed by atoms with Gasteiger partial charge in [0.05, 0.1) is 5.60 Å². The Morgan fingerprint density at radius 3 is 2.20 bits per heavy atom. The highest BCUT2D eigenvalue weighted by Crippen LogP contribution is 2.45. The van der Waals surface area contributed by atoms with E-state index < -0.39 is 35.1 Å². The lowest BCUT2D eigenvalue weighted by Gasteiger charge is -2.37. The number of aliphatic carboxylic acids is 1. The Morgan fingerprint density at radius 2 is 1.69 bits per heavy atom. The van der Waals surface area contributed by atoms with Gasteiger partial charge < -0.3 is 20.1 Å². The van der Waals surface area contributed by atoms with E-state index >= 15 is 0 Å². The molecule has 2 unspecified atom stereocenters. The first-order valence-electron chi connectivity index (χ1n) is 11.4. The fourth-order valence-corrected chi connectivity index (χ4v) is 5.08. The minimum atomic E-state index is -2.41. The maximum atomic E-state index is 13.3. The first-order valence-corrected chi connectivity index (χ1v) is 11.4. The number of ketones is 1. The summed E-state index contributed by atoms with van der Waals surface area (Å²) in [4.78, 5) is 42.4. The van der Waals surface area contributed by atoms with Crippen LogP contribution in [0.25, 0.3) is 16.7 Å². The molecule has 2 aromatic carbocycles. The van der Waals surface area contributed by atoms with Gasteiger partial charge in [-0.3, -0.25) is 9.69 Å². The standard InChI is InChI=1S/C26H27N3O6/c1-25(2,3)35-22-12-13-29(26(22,23(31)32)21(30)14-28-27)24(33)34-15-20-18-10-6-4-8-16(18)17-9-5-7-11-19(17)20/h4-11,14,20,22H,12-13,15H2,1-3H3,(H,31,32). The zero-order valence-electron chi connectivity index (χ0n) is 19.8. The summed E-state index contributed by atoms with van der Waals surface area (Å²) in [6, 6.07) is 15.7. The molecule has 1 fully saturated rings. The molecule has 2 aliphatic rings. The van der Waals surface area contributed by atoms with E-state index in [1.807, 2.05) is 48.5 Å². The maximum Gasteiger partial charge on any atom is 0.411 e. The number of amides is 1. The first kappa shape index (κ1) is 24.3. The van der Waals surface area contributed by atoms with Crippen molar-refractivity contribution in [3.63, 3.8) is 0 Å². The van der Waals surface area contributed by atoms with Crippen molar-refractivity contribution >= 4 is 24.1 Å². The largest absolute Gasteiger partial charge is 0.479 e. The molecule has 2 atom stereocenters. The predicted octanol–water partition coefficient (Wildman–Crippen LogP) is 3.52. The van der Waals surface area contributed by atoms with Gasteiger partial charge >= 0.3 is 18.3 Å². The zero-order chi connectivity index (χ0) is 25.4. The summed E-state index contributed by atoms with van der Waals surface area (Å²) >= 11 is 0. The average molecular weight is 478 g/mol. The maximum absolute atomic E-state index is 13.3. The lowest BCUT2D eigenvalue weighted by Crippen LogP contribution is -2.65. The van der Waals surface area contributed by atoms with E-state index in [2.05, 4.69) is 4.79 Å². The third-order valence-corrected chi connectivity index (χ3v) is 6.44. The summed E-state index contributed by atoms with van der Waals surface area (Å²) in [6.45, 7) is 5.06. The van der Waals surface area contributed by atoms with Gasteiger partial charge in [0, 0.05) is 12.5 Å². The number of likely N-dealkylation sites (tertiary alicyclic amines) is 1. The molecule has 1 heterocycles. The molecule has 0 radical (unpaired) electrons. The SMILES string of the molecule is CC(C)(C)OC1CCN(C(=O)OCC2c3ccccc3-c3ccccc32)C1(C(=O)O)C(=O)C=[N+]=[N-]. The number of fused-ring (bicyclic) bond motifs is 3. The molecule has 35 heavy (non-hydrogen) atoms. The Labute approximate surface area is 202 Å².